The van der Waals surface area contributed by atoms with Gasteiger partial charge in [-0.15, -0.1) is 11.8 Å². The number of primary amides is 2. The lowest BCUT2D eigenvalue weighted by atomic mass is 9.96. The van der Waals surface area contributed by atoms with Gasteiger partial charge in [-0.1, -0.05) is 32.4 Å². The first-order valence-electron chi connectivity index (χ1n) is 17.5. The summed E-state index contributed by atoms with van der Waals surface area (Å²) in [5.74, 6) is -9.59. The van der Waals surface area contributed by atoms with E-state index in [0.29, 0.717) is 12.0 Å². The highest BCUT2D eigenvalue weighted by molar-refractivity contribution is 7.99. The topological polar surface area (TPSA) is 318 Å². The molecule has 2 unspecified atom stereocenters. The zero-order valence-electron chi connectivity index (χ0n) is 30.9. The number of thioether (sulfide) groups is 1. The number of nitrogens with one attached hydrogen (secondary N) is 6. The Bertz CT molecular complexity index is 1840. The fourth-order valence-corrected chi connectivity index (χ4v) is 6.55. The van der Waals surface area contributed by atoms with E-state index in [1.54, 1.807) is 13.8 Å². The molecular weight excluding hydrogens is 753 g/mol. The summed E-state index contributed by atoms with van der Waals surface area (Å²) in [4.78, 5) is 117. The molecule has 0 saturated heterocycles. The third-order valence-corrected chi connectivity index (χ3v) is 9.87. The van der Waals surface area contributed by atoms with Gasteiger partial charge in [-0.25, -0.2) is 4.79 Å². The Hall–Kier alpha value is -6.18. The van der Waals surface area contributed by atoms with Crippen LogP contribution in [0.4, 0.5) is 5.69 Å². The number of carbonyl (C=O) groups excluding carboxylic acids is 8. The monoisotopic (exact) mass is 798 g/mol. The Morgan fingerprint density at radius 3 is 2.05 bits per heavy atom. The van der Waals surface area contributed by atoms with Crippen molar-refractivity contribution < 1.29 is 53.4 Å². The molecule has 56 heavy (non-hydrogen) atoms. The molecule has 3 rings (SSSR count). The summed E-state index contributed by atoms with van der Waals surface area (Å²) in [5, 5.41) is 34.8. The Morgan fingerprint density at radius 1 is 0.839 bits per heavy atom. The molecule has 0 fully saturated rings. The number of nitrogens with two attached hydrogens (primary N) is 2. The third kappa shape index (κ3) is 13.3. The molecule has 6 atom stereocenters. The SMILES string of the molecule is CC[C@H](C)[C@@H]1NC(=O)[C@H](Cc2ccc(O)cc2)NC(=O)c2cc(NC(C)=O)ccc2SCC(C(=O)O)NC(=O)[C@H](CC(N)=O)NC(=O)C(CCC(N)=O)NC1=O. The maximum Gasteiger partial charge on any atom is 0.327 e. The lowest BCUT2D eigenvalue weighted by Gasteiger charge is -2.29. The lowest BCUT2D eigenvalue weighted by molar-refractivity contribution is -0.141. The number of carboxylic acid groups (broad SMARTS) is 1. The molecule has 19 nitrogen and oxygen atoms in total. The highest BCUT2D eigenvalue weighted by Crippen LogP contribution is 2.27. The van der Waals surface area contributed by atoms with Crippen LogP contribution in [0.2, 0.25) is 0 Å². The van der Waals surface area contributed by atoms with Crippen LogP contribution in [0.1, 0.15) is 62.4 Å². The average Bonchev–Trinajstić information content (AvgIpc) is 3.12. The van der Waals surface area contributed by atoms with Crippen LogP contribution < -0.4 is 43.4 Å². The van der Waals surface area contributed by atoms with Gasteiger partial charge < -0.3 is 53.6 Å². The Morgan fingerprint density at radius 2 is 1.46 bits per heavy atom. The van der Waals surface area contributed by atoms with Crippen molar-refractivity contribution in [3.05, 3.63) is 53.6 Å². The second-order valence-electron chi connectivity index (χ2n) is 13.2. The van der Waals surface area contributed by atoms with E-state index in [9.17, 15) is 53.4 Å². The number of aromatic hydroxyl groups is 1. The van der Waals surface area contributed by atoms with E-state index in [4.69, 9.17) is 11.5 Å². The Labute approximate surface area is 325 Å². The van der Waals surface area contributed by atoms with Gasteiger partial charge in [0.15, 0.2) is 0 Å². The van der Waals surface area contributed by atoms with Crippen molar-refractivity contribution in [3.63, 3.8) is 0 Å². The highest BCUT2D eigenvalue weighted by atomic mass is 32.2. The third-order valence-electron chi connectivity index (χ3n) is 8.71. The molecule has 2 aromatic carbocycles. The van der Waals surface area contributed by atoms with Gasteiger partial charge in [0.1, 0.15) is 36.0 Å². The largest absolute Gasteiger partial charge is 0.508 e. The molecular formula is C36H46N8O11S. The molecule has 302 valence electrons. The Kier molecular flexibility index (Phi) is 16.2. The fourth-order valence-electron chi connectivity index (χ4n) is 5.50. The average molecular weight is 799 g/mol. The van der Waals surface area contributed by atoms with Gasteiger partial charge in [-0.05, 0) is 48.2 Å². The summed E-state index contributed by atoms with van der Waals surface area (Å²) in [6.45, 7) is 4.63. The van der Waals surface area contributed by atoms with Crippen molar-refractivity contribution in [1.29, 1.82) is 0 Å². The number of anilines is 1. The van der Waals surface area contributed by atoms with E-state index >= 15 is 0 Å². The van der Waals surface area contributed by atoms with Gasteiger partial charge in [0.2, 0.25) is 41.4 Å². The van der Waals surface area contributed by atoms with Crippen LogP contribution in [0, 0.1) is 5.92 Å². The van der Waals surface area contributed by atoms with Crippen molar-refractivity contribution in [2.24, 2.45) is 17.4 Å². The lowest BCUT2D eigenvalue weighted by Crippen LogP contribution is -2.60. The molecule has 0 bridgehead atoms. The van der Waals surface area contributed by atoms with E-state index < -0.39 is 108 Å². The van der Waals surface area contributed by atoms with E-state index in [-0.39, 0.29) is 34.7 Å². The predicted molar refractivity (Wildman–Crippen MR) is 202 cm³/mol. The number of benzene rings is 2. The van der Waals surface area contributed by atoms with E-state index in [2.05, 4.69) is 31.9 Å². The van der Waals surface area contributed by atoms with Crippen LogP contribution >= 0.6 is 11.8 Å². The van der Waals surface area contributed by atoms with Crippen molar-refractivity contribution in [3.8, 4) is 5.75 Å². The molecule has 0 spiro atoms. The van der Waals surface area contributed by atoms with Crippen LogP contribution in [0.5, 0.6) is 5.75 Å². The van der Waals surface area contributed by atoms with E-state index in [1.165, 1.54) is 49.4 Å². The van der Waals surface area contributed by atoms with Crippen molar-refractivity contribution >= 4 is 70.7 Å². The second kappa shape index (κ2) is 20.5. The first-order chi connectivity index (χ1) is 26.4. The van der Waals surface area contributed by atoms with Crippen molar-refractivity contribution in [2.75, 3.05) is 11.1 Å². The summed E-state index contributed by atoms with van der Waals surface area (Å²) in [6.07, 6.45) is -1.36. The van der Waals surface area contributed by atoms with Gasteiger partial charge in [-0.3, -0.25) is 38.4 Å². The van der Waals surface area contributed by atoms with E-state index in [0.717, 1.165) is 11.8 Å². The number of rotatable bonds is 11. The second-order valence-corrected chi connectivity index (χ2v) is 14.2. The van der Waals surface area contributed by atoms with Gasteiger partial charge in [0.05, 0.1) is 12.0 Å². The zero-order chi connectivity index (χ0) is 41.7. The summed E-state index contributed by atoms with van der Waals surface area (Å²) in [5.41, 5.74) is 11.3. The maximum absolute atomic E-state index is 14.1. The molecule has 1 aliphatic rings. The van der Waals surface area contributed by atoms with Crippen LogP contribution in [0.3, 0.4) is 0 Å². The Balaban J connectivity index is 2.20. The molecule has 1 heterocycles. The molecule has 0 aliphatic carbocycles. The number of aliphatic carboxylic acids is 1. The van der Waals surface area contributed by atoms with Crippen LogP contribution in [-0.4, -0.2) is 99.4 Å². The minimum atomic E-state index is -1.73. The van der Waals surface area contributed by atoms with Gasteiger partial charge in [-0.2, -0.15) is 0 Å². The highest BCUT2D eigenvalue weighted by Gasteiger charge is 2.35. The summed E-state index contributed by atoms with van der Waals surface area (Å²) >= 11 is 0.829. The van der Waals surface area contributed by atoms with Crippen LogP contribution in [0.15, 0.2) is 47.4 Å². The normalized spacial score (nSPS) is 21.8. The molecule has 2 aromatic rings. The van der Waals surface area contributed by atoms with Crippen LogP contribution in [-0.2, 0) is 44.8 Å². The van der Waals surface area contributed by atoms with Gasteiger partial charge in [0, 0.05) is 36.1 Å². The summed E-state index contributed by atoms with van der Waals surface area (Å²) in [6, 6.07) is 2.35. The molecule has 20 heteroatoms. The first-order valence-corrected chi connectivity index (χ1v) is 18.5. The number of carbonyl (C=O) groups is 9. The zero-order valence-corrected chi connectivity index (χ0v) is 31.7. The number of phenols is 1. The number of fused-ring (bicyclic) bond motifs is 1. The van der Waals surface area contributed by atoms with Gasteiger partial charge in [0.25, 0.3) is 5.91 Å². The molecule has 1 aliphatic heterocycles. The number of amides is 8. The van der Waals surface area contributed by atoms with Gasteiger partial charge >= 0.3 is 5.97 Å². The number of carboxylic acids is 1. The van der Waals surface area contributed by atoms with Crippen molar-refractivity contribution in [2.45, 2.75) is 88.0 Å². The first kappa shape index (κ1) is 44.2. The minimum Gasteiger partial charge on any atom is -0.508 e. The molecule has 0 saturated carbocycles. The maximum atomic E-state index is 14.1. The predicted octanol–water partition coefficient (Wildman–Crippen LogP) is -0.992. The molecule has 0 aromatic heterocycles. The van der Waals surface area contributed by atoms with Crippen LogP contribution in [0.25, 0.3) is 0 Å². The van der Waals surface area contributed by atoms with E-state index in [1.807, 2.05) is 0 Å². The summed E-state index contributed by atoms with van der Waals surface area (Å²) < 4.78 is 0. The quantitative estimate of drug-likeness (QED) is 0.131. The molecule has 12 N–H and O–H groups in total. The number of phenolic OH excluding ortho intramolecular Hbond substituents is 1. The minimum absolute atomic E-state index is 0.0561. The smallest absolute Gasteiger partial charge is 0.327 e. The fraction of sp³-hybridized carbons (Fsp3) is 0.417. The summed E-state index contributed by atoms with van der Waals surface area (Å²) in [7, 11) is 0. The van der Waals surface area contributed by atoms with Crippen molar-refractivity contribution in [1.82, 2.24) is 26.6 Å². The number of hydrogen-bond acceptors (Lipinski definition) is 11. The molecule has 0 radical (unpaired) electrons. The number of hydrogen-bond donors (Lipinski definition) is 10. The standard InChI is InChI=1S/C36H46N8O11S/c1-4-17(2)30-35(53)40-23(10-12-28(37)47)32(50)42-25(15-29(38)48)33(51)43-26(36(54)55)16-56-27-11-7-20(39-18(3)45)14-22(27)31(49)41-24(34(52)44-30)13-19-5-8-21(46)9-6-19/h5-9,11,14,17,23-26,30,46H,4,10,12-13,15-16H2,1-3H3,(H2,37,47)(H2,38,48)(H,39,45)(H,40,53)(H,41,49)(H,42,50)(H,43,51)(H,44,52)(H,54,55)/t17-,23?,24-,25-,26?,30-/m0/s1. The molecule has 8 amide bonds.